The molecule has 9 nitrogen and oxygen atoms in total. The van der Waals surface area contributed by atoms with Crippen molar-refractivity contribution in [1.82, 2.24) is 19.4 Å². The fourth-order valence-corrected chi connectivity index (χ4v) is 4.70. The van der Waals surface area contributed by atoms with Crippen molar-refractivity contribution in [1.29, 1.82) is 5.26 Å². The molecular formula is C28H32FN7O2S. The zero-order chi connectivity index (χ0) is 27.9. The third-order valence-electron chi connectivity index (χ3n) is 6.27. The van der Waals surface area contributed by atoms with Crippen molar-refractivity contribution in [2.45, 2.75) is 32.5 Å². The molecule has 0 aliphatic carbocycles. The summed E-state index contributed by atoms with van der Waals surface area (Å²) in [5.41, 5.74) is 2.14. The number of para-hydroxylation sites is 1. The minimum atomic E-state index is -0.554. The van der Waals surface area contributed by atoms with Crippen molar-refractivity contribution in [3.63, 3.8) is 0 Å². The highest BCUT2D eigenvalue weighted by Crippen LogP contribution is 2.20. The lowest BCUT2D eigenvalue weighted by Gasteiger charge is -2.33. The molecule has 0 saturated carbocycles. The van der Waals surface area contributed by atoms with E-state index in [0.717, 1.165) is 17.8 Å². The molecule has 2 aromatic carbocycles. The number of morpholine rings is 1. The summed E-state index contributed by atoms with van der Waals surface area (Å²) in [7, 11) is 1.69. The normalized spacial score (nSPS) is 16.2. The molecule has 1 unspecified atom stereocenters. The van der Waals surface area contributed by atoms with E-state index in [1.807, 2.05) is 44.2 Å². The van der Waals surface area contributed by atoms with Gasteiger partial charge in [-0.25, -0.2) is 9.18 Å². The van der Waals surface area contributed by atoms with Crippen LogP contribution < -0.4 is 16.1 Å². The van der Waals surface area contributed by atoms with Crippen LogP contribution in [0.25, 0.3) is 5.69 Å². The first-order chi connectivity index (χ1) is 18.8. The number of urea groups is 1. The predicted octanol–water partition coefficient (Wildman–Crippen LogP) is 3.89. The monoisotopic (exact) mass is 549 g/mol. The molecule has 1 aromatic heterocycles. The number of hydrogen-bond acceptors (Lipinski definition) is 6. The molecule has 1 saturated heterocycles. The third-order valence-corrected chi connectivity index (χ3v) is 6.72. The lowest BCUT2D eigenvalue weighted by molar-refractivity contribution is -0.0241. The van der Waals surface area contributed by atoms with Gasteiger partial charge in [0.1, 0.15) is 23.3 Å². The third kappa shape index (κ3) is 6.97. The molecule has 1 aliphatic rings. The molecule has 2 heterocycles. The summed E-state index contributed by atoms with van der Waals surface area (Å²) < 4.78 is 23.0. The van der Waals surface area contributed by atoms with E-state index < -0.39 is 6.03 Å². The minimum absolute atomic E-state index is 0.114. The van der Waals surface area contributed by atoms with Crippen LogP contribution >= 0.6 is 12.2 Å². The van der Waals surface area contributed by atoms with Gasteiger partial charge < -0.3 is 19.9 Å². The molecular weight excluding hydrogens is 517 g/mol. The Bertz CT molecular complexity index is 1480. The van der Waals surface area contributed by atoms with Crippen molar-refractivity contribution in [3.05, 3.63) is 81.8 Å². The van der Waals surface area contributed by atoms with Crippen LogP contribution in [0.4, 0.5) is 15.0 Å². The van der Waals surface area contributed by atoms with E-state index in [0.29, 0.717) is 36.8 Å². The number of carbonyl (C=O) groups excluding carboxylic acids is 1. The number of amides is 2. The lowest BCUT2D eigenvalue weighted by Crippen LogP contribution is -2.45. The summed E-state index contributed by atoms with van der Waals surface area (Å²) in [6.07, 6.45) is -0.179. The smallest absolute Gasteiger partial charge is 0.343 e. The Morgan fingerprint density at radius 2 is 1.95 bits per heavy atom. The van der Waals surface area contributed by atoms with Gasteiger partial charge in [-0.15, -0.1) is 0 Å². The fourth-order valence-electron chi connectivity index (χ4n) is 4.42. The van der Waals surface area contributed by atoms with Crippen molar-refractivity contribution in [2.24, 2.45) is 12.0 Å². The Morgan fingerprint density at radius 3 is 2.62 bits per heavy atom. The van der Waals surface area contributed by atoms with Crippen LogP contribution in [-0.4, -0.2) is 58.5 Å². The Morgan fingerprint density at radius 1 is 1.23 bits per heavy atom. The number of ether oxygens (including phenoxy) is 1. The van der Waals surface area contributed by atoms with E-state index in [1.165, 1.54) is 12.1 Å². The SMILES string of the molecule is CC(C)NC(=O)N=c1c(C#N)c(NCC2CN(Cc3ccc(F)cc3)CCO2)n(-c2ccccc2)c(=S)n1C. The number of halogens is 1. The fraction of sp³-hybridized carbons (Fsp3) is 0.357. The molecule has 39 heavy (non-hydrogen) atoms. The number of benzene rings is 2. The van der Waals surface area contributed by atoms with Crippen LogP contribution in [0.2, 0.25) is 0 Å². The number of hydrogen-bond donors (Lipinski definition) is 2. The van der Waals surface area contributed by atoms with Gasteiger partial charge in [-0.05, 0) is 55.9 Å². The maximum Gasteiger partial charge on any atom is 0.343 e. The topological polar surface area (TPSA) is 99.6 Å². The van der Waals surface area contributed by atoms with Crippen molar-refractivity contribution < 1.29 is 13.9 Å². The van der Waals surface area contributed by atoms with Crippen LogP contribution in [0.1, 0.15) is 25.0 Å². The van der Waals surface area contributed by atoms with Crippen LogP contribution in [0.5, 0.6) is 0 Å². The molecule has 1 atom stereocenters. The van der Waals surface area contributed by atoms with Crippen LogP contribution in [-0.2, 0) is 18.3 Å². The molecule has 204 valence electrons. The Balaban J connectivity index is 1.67. The quantitative estimate of drug-likeness (QED) is 0.434. The van der Waals surface area contributed by atoms with Gasteiger partial charge in [-0.1, -0.05) is 30.3 Å². The first-order valence-electron chi connectivity index (χ1n) is 12.8. The summed E-state index contributed by atoms with van der Waals surface area (Å²) in [4.78, 5) is 19.0. The first-order valence-corrected chi connectivity index (χ1v) is 13.2. The average molecular weight is 550 g/mol. The van der Waals surface area contributed by atoms with Crippen LogP contribution in [0, 0.1) is 21.9 Å². The summed E-state index contributed by atoms with van der Waals surface area (Å²) in [5, 5.41) is 16.3. The van der Waals surface area contributed by atoms with E-state index >= 15 is 0 Å². The van der Waals surface area contributed by atoms with E-state index in [1.54, 1.807) is 28.3 Å². The maximum atomic E-state index is 13.3. The summed E-state index contributed by atoms with van der Waals surface area (Å²) in [5.74, 6) is 0.176. The number of anilines is 1. The van der Waals surface area contributed by atoms with Gasteiger partial charge in [0.15, 0.2) is 10.3 Å². The van der Waals surface area contributed by atoms with Gasteiger partial charge in [0, 0.05) is 45.0 Å². The van der Waals surface area contributed by atoms with Gasteiger partial charge in [-0.2, -0.15) is 10.3 Å². The number of carbonyl (C=O) groups is 1. The second-order valence-electron chi connectivity index (χ2n) is 9.62. The number of rotatable bonds is 7. The van der Waals surface area contributed by atoms with Crippen LogP contribution in [0.3, 0.4) is 0 Å². The lowest BCUT2D eigenvalue weighted by atomic mass is 10.2. The number of nitrogens with zero attached hydrogens (tertiary/aromatic N) is 5. The Hall–Kier alpha value is -3.85. The van der Waals surface area contributed by atoms with Gasteiger partial charge >= 0.3 is 6.03 Å². The molecule has 0 radical (unpaired) electrons. The highest BCUT2D eigenvalue weighted by atomic mass is 32.1. The number of nitrogens with one attached hydrogen (secondary N) is 2. The molecule has 4 rings (SSSR count). The maximum absolute atomic E-state index is 13.3. The highest BCUT2D eigenvalue weighted by molar-refractivity contribution is 7.71. The molecule has 0 spiro atoms. The zero-order valence-electron chi connectivity index (χ0n) is 22.2. The summed E-state index contributed by atoms with van der Waals surface area (Å²) in [6.45, 7) is 6.69. The van der Waals surface area contributed by atoms with Gasteiger partial charge in [0.25, 0.3) is 0 Å². The first kappa shape index (κ1) is 28.2. The largest absolute Gasteiger partial charge is 0.374 e. The van der Waals surface area contributed by atoms with E-state index in [4.69, 9.17) is 17.0 Å². The molecule has 2 amide bonds. The highest BCUT2D eigenvalue weighted by Gasteiger charge is 2.23. The molecule has 0 bridgehead atoms. The Kier molecular flexibility index (Phi) is 9.24. The number of aromatic nitrogens is 2. The van der Waals surface area contributed by atoms with Crippen LogP contribution in [0.15, 0.2) is 59.6 Å². The van der Waals surface area contributed by atoms with E-state index in [2.05, 4.69) is 26.6 Å². The van der Waals surface area contributed by atoms with Crippen molar-refractivity contribution in [3.8, 4) is 11.8 Å². The average Bonchev–Trinajstić information content (AvgIpc) is 2.92. The minimum Gasteiger partial charge on any atom is -0.374 e. The number of nitriles is 1. The Labute approximate surface area is 232 Å². The summed E-state index contributed by atoms with van der Waals surface area (Å²) in [6, 6.07) is 17.5. The van der Waals surface area contributed by atoms with E-state index in [-0.39, 0.29) is 29.0 Å². The second-order valence-corrected chi connectivity index (χ2v) is 9.99. The second kappa shape index (κ2) is 12.8. The van der Waals surface area contributed by atoms with Crippen molar-refractivity contribution in [2.75, 3.05) is 31.6 Å². The van der Waals surface area contributed by atoms with Gasteiger partial charge in [-0.3, -0.25) is 9.47 Å². The predicted molar refractivity (Wildman–Crippen MR) is 149 cm³/mol. The molecule has 11 heteroatoms. The van der Waals surface area contributed by atoms with Gasteiger partial charge in [0.2, 0.25) is 0 Å². The molecule has 3 aromatic rings. The standard InChI is InChI=1S/C28H32FN7O2S/c1-19(2)32-27(37)33-26-24(15-30)25(36(28(39)34(26)3)22-7-5-4-6-8-22)31-16-23-18-35(13-14-38-23)17-20-9-11-21(29)12-10-20/h4-12,19,23,31H,13-14,16-18H2,1-3H3,(H,32,37). The zero-order valence-corrected chi connectivity index (χ0v) is 23.0. The molecule has 1 fully saturated rings. The van der Waals surface area contributed by atoms with Gasteiger partial charge in [0.05, 0.1) is 12.7 Å². The summed E-state index contributed by atoms with van der Waals surface area (Å²) >= 11 is 5.79. The van der Waals surface area contributed by atoms with E-state index in [9.17, 15) is 14.4 Å². The molecule has 1 aliphatic heterocycles. The van der Waals surface area contributed by atoms with Crippen molar-refractivity contribution >= 4 is 24.1 Å². The molecule has 2 N–H and O–H groups in total.